The molecule has 1 aliphatic carbocycles. The number of benzene rings is 2. The molecule has 1 heteroatoms. The largest absolute Gasteiger partial charge is 0.360 e. The molecule has 1 heterocycles. The van der Waals surface area contributed by atoms with Gasteiger partial charge in [0.25, 0.3) is 0 Å². The van der Waals surface area contributed by atoms with Gasteiger partial charge in [0.15, 0.2) is 0 Å². The third-order valence-electron chi connectivity index (χ3n) is 4.36. The van der Waals surface area contributed by atoms with Crippen LogP contribution in [-0.4, -0.2) is 0 Å². The van der Waals surface area contributed by atoms with E-state index in [1.165, 1.54) is 22.3 Å². The highest BCUT2D eigenvalue weighted by molar-refractivity contribution is 5.80. The molecule has 0 saturated carbocycles. The van der Waals surface area contributed by atoms with Crippen LogP contribution in [0.4, 0.5) is 0 Å². The van der Waals surface area contributed by atoms with Crippen LogP contribution in [-0.2, 0) is 0 Å². The average Bonchev–Trinajstić information content (AvgIpc) is 2.82. The molecule has 0 aliphatic heterocycles. The van der Waals surface area contributed by atoms with Crippen LogP contribution in [0.25, 0.3) is 22.5 Å². The smallest absolute Gasteiger partial charge is 0.211 e. The first-order chi connectivity index (χ1) is 10.3. The first kappa shape index (κ1) is 12.3. The SMILES string of the molecule is Cc1cc(-c2ccccc2)[o+]c2c1-c1ccccc1C2C. The van der Waals surface area contributed by atoms with Gasteiger partial charge in [-0.3, -0.25) is 0 Å². The number of aryl methyl sites for hydroxylation is 1. The Morgan fingerprint density at radius 1 is 0.905 bits per heavy atom. The molecule has 1 aliphatic rings. The average molecular weight is 273 g/mol. The first-order valence-electron chi connectivity index (χ1n) is 7.38. The van der Waals surface area contributed by atoms with E-state index < -0.39 is 0 Å². The van der Waals surface area contributed by atoms with Gasteiger partial charge in [-0.15, -0.1) is 0 Å². The standard InChI is InChI=1S/C20H17O/c1-13-12-18(15-8-4-3-5-9-15)21-20-14(2)16-10-6-7-11-17(16)19(13)20/h3-12,14H,1-2H3/q+1. The van der Waals surface area contributed by atoms with E-state index >= 15 is 0 Å². The van der Waals surface area contributed by atoms with Crippen LogP contribution >= 0.6 is 0 Å². The van der Waals surface area contributed by atoms with Gasteiger partial charge in [-0.1, -0.05) is 42.5 Å². The molecule has 1 aromatic heterocycles. The van der Waals surface area contributed by atoms with E-state index in [0.717, 1.165) is 17.1 Å². The highest BCUT2D eigenvalue weighted by atomic mass is 16.3. The van der Waals surface area contributed by atoms with Gasteiger partial charge in [0, 0.05) is 6.07 Å². The Morgan fingerprint density at radius 2 is 1.62 bits per heavy atom. The minimum absolute atomic E-state index is 0.318. The molecule has 2 aromatic carbocycles. The van der Waals surface area contributed by atoms with Crippen molar-refractivity contribution in [3.8, 4) is 22.5 Å². The van der Waals surface area contributed by atoms with Crippen molar-refractivity contribution in [3.63, 3.8) is 0 Å². The summed E-state index contributed by atoms with van der Waals surface area (Å²) in [6, 6.07) is 21.1. The molecular formula is C20H17O+. The third kappa shape index (κ3) is 1.81. The maximum absolute atomic E-state index is 6.28. The van der Waals surface area contributed by atoms with Gasteiger partial charge in [0.05, 0.1) is 17.0 Å². The van der Waals surface area contributed by atoms with Crippen molar-refractivity contribution in [3.05, 3.63) is 77.6 Å². The van der Waals surface area contributed by atoms with Gasteiger partial charge in [-0.05, 0) is 42.7 Å². The van der Waals surface area contributed by atoms with Crippen LogP contribution in [0.2, 0.25) is 0 Å². The molecule has 1 nitrogen and oxygen atoms in total. The molecule has 0 spiro atoms. The zero-order chi connectivity index (χ0) is 14.4. The van der Waals surface area contributed by atoms with E-state index in [2.05, 4.69) is 56.3 Å². The minimum atomic E-state index is 0.318. The predicted octanol–water partition coefficient (Wildman–Crippen LogP) is 5.67. The molecule has 0 amide bonds. The number of rotatable bonds is 1. The van der Waals surface area contributed by atoms with E-state index in [0.29, 0.717) is 5.92 Å². The van der Waals surface area contributed by atoms with Crippen LogP contribution in [0.1, 0.15) is 29.7 Å². The van der Waals surface area contributed by atoms with Gasteiger partial charge in [0.1, 0.15) is 0 Å². The second kappa shape index (κ2) is 4.56. The highest BCUT2D eigenvalue weighted by Gasteiger charge is 2.37. The Labute approximate surface area is 124 Å². The van der Waals surface area contributed by atoms with Gasteiger partial charge in [-0.25, -0.2) is 4.42 Å². The van der Waals surface area contributed by atoms with Crippen LogP contribution in [0, 0.1) is 6.92 Å². The number of fused-ring (bicyclic) bond motifs is 3. The van der Waals surface area contributed by atoms with Crippen LogP contribution in [0.5, 0.6) is 0 Å². The summed E-state index contributed by atoms with van der Waals surface area (Å²) in [5, 5.41) is 0. The summed E-state index contributed by atoms with van der Waals surface area (Å²) in [6.07, 6.45) is 0. The van der Waals surface area contributed by atoms with Crippen molar-refractivity contribution < 1.29 is 4.42 Å². The van der Waals surface area contributed by atoms with Crippen LogP contribution in [0.15, 0.2) is 65.1 Å². The lowest BCUT2D eigenvalue weighted by atomic mass is 10.0. The van der Waals surface area contributed by atoms with Gasteiger partial charge < -0.3 is 0 Å². The van der Waals surface area contributed by atoms with Gasteiger partial charge in [-0.2, -0.15) is 0 Å². The Balaban J connectivity index is 1.95. The molecule has 3 aromatic rings. The zero-order valence-corrected chi connectivity index (χ0v) is 12.3. The normalized spacial score (nSPS) is 15.6. The Morgan fingerprint density at radius 3 is 2.43 bits per heavy atom. The Kier molecular flexibility index (Phi) is 2.68. The van der Waals surface area contributed by atoms with E-state index in [-0.39, 0.29) is 0 Å². The lowest BCUT2D eigenvalue weighted by Crippen LogP contribution is -1.91. The van der Waals surface area contributed by atoms with E-state index in [4.69, 9.17) is 4.42 Å². The molecule has 102 valence electrons. The fourth-order valence-corrected chi connectivity index (χ4v) is 3.30. The van der Waals surface area contributed by atoms with Crippen molar-refractivity contribution in [1.29, 1.82) is 0 Å². The second-order valence-electron chi connectivity index (χ2n) is 5.71. The van der Waals surface area contributed by atoms with E-state index in [1.54, 1.807) is 0 Å². The fraction of sp³-hybridized carbons (Fsp3) is 0.150. The van der Waals surface area contributed by atoms with Crippen molar-refractivity contribution in [2.75, 3.05) is 0 Å². The molecule has 0 bridgehead atoms. The number of hydrogen-bond donors (Lipinski definition) is 0. The fourth-order valence-electron chi connectivity index (χ4n) is 3.30. The maximum atomic E-state index is 6.28. The first-order valence-corrected chi connectivity index (χ1v) is 7.38. The lowest BCUT2D eigenvalue weighted by molar-refractivity contribution is 0.500. The monoisotopic (exact) mass is 273 g/mol. The molecule has 21 heavy (non-hydrogen) atoms. The van der Waals surface area contributed by atoms with Gasteiger partial charge >= 0.3 is 11.5 Å². The molecule has 1 atom stereocenters. The molecule has 0 N–H and O–H groups in total. The summed E-state index contributed by atoms with van der Waals surface area (Å²) < 4.78 is 6.28. The van der Waals surface area contributed by atoms with Crippen molar-refractivity contribution in [2.24, 2.45) is 0 Å². The summed E-state index contributed by atoms with van der Waals surface area (Å²) >= 11 is 0. The predicted molar refractivity (Wildman–Crippen MR) is 86.2 cm³/mol. The van der Waals surface area contributed by atoms with E-state index in [9.17, 15) is 0 Å². The molecule has 0 saturated heterocycles. The summed E-state index contributed by atoms with van der Waals surface area (Å²) in [4.78, 5) is 0. The van der Waals surface area contributed by atoms with Crippen LogP contribution in [0.3, 0.4) is 0 Å². The van der Waals surface area contributed by atoms with Gasteiger partial charge in [0.2, 0.25) is 0 Å². The molecule has 0 fully saturated rings. The molecule has 1 unspecified atom stereocenters. The zero-order valence-electron chi connectivity index (χ0n) is 12.3. The van der Waals surface area contributed by atoms with Crippen molar-refractivity contribution in [2.45, 2.75) is 19.8 Å². The highest BCUT2D eigenvalue weighted by Crippen LogP contribution is 2.47. The summed E-state index contributed by atoms with van der Waals surface area (Å²) in [5.41, 5.74) is 6.38. The summed E-state index contributed by atoms with van der Waals surface area (Å²) in [5.74, 6) is 2.36. The lowest BCUT2D eigenvalue weighted by Gasteiger charge is -2.00. The molecule has 4 rings (SSSR count). The topological polar surface area (TPSA) is 11.3 Å². The second-order valence-corrected chi connectivity index (χ2v) is 5.71. The summed E-state index contributed by atoms with van der Waals surface area (Å²) in [6.45, 7) is 4.40. The Hall–Kier alpha value is -2.41. The summed E-state index contributed by atoms with van der Waals surface area (Å²) in [7, 11) is 0. The Bertz CT molecular complexity index is 818. The quantitative estimate of drug-likeness (QED) is 0.520. The minimum Gasteiger partial charge on any atom is -0.211 e. The van der Waals surface area contributed by atoms with Crippen molar-refractivity contribution in [1.82, 2.24) is 0 Å². The van der Waals surface area contributed by atoms with Crippen LogP contribution < -0.4 is 0 Å². The third-order valence-corrected chi connectivity index (χ3v) is 4.36. The number of hydrogen-bond acceptors (Lipinski definition) is 0. The van der Waals surface area contributed by atoms with E-state index in [1.807, 2.05) is 18.2 Å². The maximum Gasteiger partial charge on any atom is 0.360 e. The molecule has 0 radical (unpaired) electrons. The van der Waals surface area contributed by atoms with Crippen molar-refractivity contribution >= 4 is 0 Å². The molecular weight excluding hydrogens is 256 g/mol.